The second-order valence-electron chi connectivity index (χ2n) is 7.77. The number of carboxylic acid groups (broad SMARTS) is 6. The van der Waals surface area contributed by atoms with E-state index in [-0.39, 0.29) is 19.0 Å². The Hall–Kier alpha value is -4.89. The Labute approximate surface area is 246 Å². The van der Waals surface area contributed by atoms with Crippen LogP contribution in [0.4, 0.5) is 0 Å². The Morgan fingerprint density at radius 1 is 0.651 bits per heavy atom. The molecule has 0 saturated heterocycles. The number of nitrogens with zero attached hydrogens (tertiary/aromatic N) is 1. The normalized spacial score (nSPS) is 11.2. The van der Waals surface area contributed by atoms with Crippen molar-refractivity contribution < 1.29 is 59.4 Å². The Morgan fingerprint density at radius 3 is 1.33 bits per heavy atom. The number of carboxylic acids is 6. The molecule has 0 heterocycles. The molecule has 43 heavy (non-hydrogen) atoms. The van der Waals surface area contributed by atoms with Crippen molar-refractivity contribution in [2.24, 2.45) is 45.1 Å². The fraction of sp³-hybridized carbons (Fsp3) is 0.435. The van der Waals surface area contributed by atoms with E-state index in [1.54, 1.807) is 0 Å². The minimum absolute atomic E-state index is 0.0129. The van der Waals surface area contributed by atoms with Crippen LogP contribution in [-0.2, 0) is 35.2 Å². The zero-order valence-corrected chi connectivity index (χ0v) is 23.2. The lowest BCUT2D eigenvalue weighted by Gasteiger charge is -2.04. The lowest BCUT2D eigenvalue weighted by molar-refractivity contribution is -0.144. The van der Waals surface area contributed by atoms with Crippen LogP contribution in [0.15, 0.2) is 35.3 Å². The second-order valence-corrected chi connectivity index (χ2v) is 7.77. The maximum Gasteiger partial charge on any atom is 0.321 e. The van der Waals surface area contributed by atoms with Gasteiger partial charge < -0.3 is 70.8 Å². The van der Waals surface area contributed by atoms with Crippen LogP contribution in [0.1, 0.15) is 24.8 Å². The van der Waals surface area contributed by atoms with Gasteiger partial charge in [0.2, 0.25) is 0 Å². The third-order valence-electron chi connectivity index (χ3n) is 3.96. The van der Waals surface area contributed by atoms with Crippen LogP contribution < -0.4 is 40.1 Å². The third kappa shape index (κ3) is 39.3. The molecule has 0 aliphatic rings. The van der Waals surface area contributed by atoms with Crippen LogP contribution in [0.3, 0.4) is 0 Å². The lowest BCUT2D eigenvalue weighted by atomic mass is 10.1. The molecule has 20 N–H and O–H groups in total. The molecule has 20 heteroatoms. The van der Waals surface area contributed by atoms with Crippen LogP contribution in [-0.4, -0.2) is 110 Å². The summed E-state index contributed by atoms with van der Waals surface area (Å²) in [4.78, 5) is 62.4. The number of aliphatic imine (C=N–C) groups is 1. The maximum atomic E-state index is 10.4. The van der Waals surface area contributed by atoms with Crippen LogP contribution in [0.5, 0.6) is 0 Å². The predicted molar refractivity (Wildman–Crippen MR) is 153 cm³/mol. The molecule has 246 valence electrons. The van der Waals surface area contributed by atoms with Gasteiger partial charge in [-0.1, -0.05) is 30.3 Å². The summed E-state index contributed by atoms with van der Waals surface area (Å²) < 4.78 is 0. The van der Waals surface area contributed by atoms with Gasteiger partial charge in [-0.3, -0.25) is 33.8 Å². The van der Waals surface area contributed by atoms with E-state index in [9.17, 15) is 28.8 Å². The summed E-state index contributed by atoms with van der Waals surface area (Å²) in [6.07, 6.45) is 0.809. The highest BCUT2D eigenvalue weighted by Gasteiger charge is 2.14. The molecule has 1 aromatic carbocycles. The number of nitrogens with two attached hydrogens (primary N) is 7. The van der Waals surface area contributed by atoms with E-state index in [1.165, 1.54) is 0 Å². The van der Waals surface area contributed by atoms with Gasteiger partial charge in [0.05, 0.1) is 19.5 Å². The quantitative estimate of drug-likeness (QED) is 0.0566. The monoisotopic (exact) mass is 622 g/mol. The molecule has 0 saturated carbocycles. The summed E-state index contributed by atoms with van der Waals surface area (Å²) in [7, 11) is 0. The van der Waals surface area contributed by atoms with Gasteiger partial charge in [0.15, 0.2) is 5.96 Å². The van der Waals surface area contributed by atoms with E-state index in [2.05, 4.69) is 16.5 Å². The molecule has 0 aliphatic heterocycles. The largest absolute Gasteiger partial charge is 0.481 e. The van der Waals surface area contributed by atoms with Gasteiger partial charge in [0, 0.05) is 6.54 Å². The fourth-order valence-electron chi connectivity index (χ4n) is 1.87. The molecule has 0 aromatic heterocycles. The molecule has 0 spiro atoms. The molecule has 1 aromatic rings. The SMILES string of the molecule is NC(CC(=O)O)C(=O)O.NC(Cc1ccccc1)C(=O)O.NC(N)=NCCCC(N)C(=O)O.NCC(=O)O.NCC(=O)O. The van der Waals surface area contributed by atoms with Crippen molar-refractivity contribution in [2.45, 2.75) is 43.8 Å². The number of hydrogen-bond acceptors (Lipinski definition) is 12. The highest BCUT2D eigenvalue weighted by atomic mass is 16.4. The molecule has 0 aliphatic carbocycles. The van der Waals surface area contributed by atoms with Crippen LogP contribution in [0.25, 0.3) is 0 Å². The number of hydrogen-bond donors (Lipinski definition) is 13. The average molecular weight is 623 g/mol. The molecule has 1 rings (SSSR count). The summed E-state index contributed by atoms with van der Waals surface area (Å²) in [5.74, 6) is -6.38. The molecule has 0 fully saturated rings. The molecule has 3 unspecified atom stereocenters. The Balaban J connectivity index is -0.000000232. The Bertz CT molecular complexity index is 978. The Morgan fingerprint density at radius 2 is 1.05 bits per heavy atom. The molecule has 3 atom stereocenters. The van der Waals surface area contributed by atoms with Gasteiger partial charge in [0.1, 0.15) is 18.1 Å². The summed E-state index contributed by atoms with van der Waals surface area (Å²) in [6, 6.07) is 6.43. The minimum Gasteiger partial charge on any atom is -0.481 e. The second kappa shape index (κ2) is 28.6. The number of carbonyl (C=O) groups is 6. The van der Waals surface area contributed by atoms with Gasteiger partial charge in [0.25, 0.3) is 0 Å². The van der Waals surface area contributed by atoms with E-state index in [1.807, 2.05) is 30.3 Å². The first-order valence-electron chi connectivity index (χ1n) is 11.9. The summed E-state index contributed by atoms with van der Waals surface area (Å²) in [6.45, 7) is -0.136. The average Bonchev–Trinajstić information content (AvgIpc) is 2.92. The number of benzene rings is 1. The number of aliphatic carboxylic acids is 6. The van der Waals surface area contributed by atoms with E-state index in [0.717, 1.165) is 5.56 Å². The van der Waals surface area contributed by atoms with Crippen molar-refractivity contribution >= 4 is 41.8 Å². The first kappa shape index (κ1) is 45.1. The van der Waals surface area contributed by atoms with Gasteiger partial charge in [-0.2, -0.15) is 0 Å². The van der Waals surface area contributed by atoms with Crippen molar-refractivity contribution in [1.29, 1.82) is 0 Å². The summed E-state index contributed by atoms with van der Waals surface area (Å²) in [5.41, 5.74) is 35.6. The smallest absolute Gasteiger partial charge is 0.321 e. The standard InChI is InChI=1S/C9H11NO2.C6H14N4O2.C4H7NO4.2C2H5NO2/c10-8(9(11)12)6-7-4-2-1-3-5-7;7-4(5(11)12)2-1-3-10-6(8)9;5-2(4(8)9)1-3(6)7;2*3-1-2(4)5/h1-5,8H,6,10H2,(H,11,12);4H,1-3,7H2,(H,11,12)(H4,8,9,10);2H,1,5H2,(H,6,7)(H,8,9);2*1,3H2,(H,4,5). The summed E-state index contributed by atoms with van der Waals surface area (Å²) in [5, 5.41) is 48.1. The van der Waals surface area contributed by atoms with E-state index in [4.69, 9.17) is 59.3 Å². The summed E-state index contributed by atoms with van der Waals surface area (Å²) >= 11 is 0. The highest BCUT2D eigenvalue weighted by Crippen LogP contribution is 2.01. The number of rotatable bonds is 13. The van der Waals surface area contributed by atoms with Crippen molar-refractivity contribution in [2.75, 3.05) is 19.6 Å². The van der Waals surface area contributed by atoms with Crippen molar-refractivity contribution in [3.05, 3.63) is 35.9 Å². The molecule has 0 amide bonds. The van der Waals surface area contributed by atoms with E-state index >= 15 is 0 Å². The predicted octanol–water partition coefficient (Wildman–Crippen LogP) is -3.97. The minimum atomic E-state index is -1.29. The van der Waals surface area contributed by atoms with Crippen molar-refractivity contribution in [3.63, 3.8) is 0 Å². The fourth-order valence-corrected chi connectivity index (χ4v) is 1.87. The highest BCUT2D eigenvalue weighted by molar-refractivity contribution is 5.80. The van der Waals surface area contributed by atoms with Gasteiger partial charge in [-0.15, -0.1) is 0 Å². The van der Waals surface area contributed by atoms with Crippen molar-refractivity contribution in [1.82, 2.24) is 0 Å². The van der Waals surface area contributed by atoms with E-state index < -0.39 is 60.4 Å². The van der Waals surface area contributed by atoms with Crippen LogP contribution >= 0.6 is 0 Å². The van der Waals surface area contributed by atoms with Crippen molar-refractivity contribution in [3.8, 4) is 0 Å². The van der Waals surface area contributed by atoms with Gasteiger partial charge >= 0.3 is 35.8 Å². The maximum absolute atomic E-state index is 10.4. The number of guanidine groups is 1. The topological polar surface area (TPSA) is 418 Å². The van der Waals surface area contributed by atoms with Crippen LogP contribution in [0, 0.1) is 0 Å². The van der Waals surface area contributed by atoms with Gasteiger partial charge in [-0.05, 0) is 24.8 Å². The molecular weight excluding hydrogens is 580 g/mol. The van der Waals surface area contributed by atoms with Crippen LogP contribution in [0.2, 0.25) is 0 Å². The molecule has 20 nitrogen and oxygen atoms in total. The first-order valence-corrected chi connectivity index (χ1v) is 11.9. The lowest BCUT2D eigenvalue weighted by Crippen LogP contribution is -2.32. The zero-order valence-electron chi connectivity index (χ0n) is 23.2. The Kier molecular flexibility index (Phi) is 30.0. The third-order valence-corrected chi connectivity index (χ3v) is 3.96. The molecular formula is C23H42N8O12. The molecule has 0 bridgehead atoms. The van der Waals surface area contributed by atoms with E-state index in [0.29, 0.717) is 25.8 Å². The first-order chi connectivity index (χ1) is 19.8. The van der Waals surface area contributed by atoms with Gasteiger partial charge in [-0.25, -0.2) is 0 Å². The zero-order chi connectivity index (χ0) is 34.5. The molecule has 0 radical (unpaired) electrons.